The van der Waals surface area contributed by atoms with E-state index in [0.717, 1.165) is 25.8 Å². The van der Waals surface area contributed by atoms with Crippen molar-refractivity contribution in [1.29, 1.82) is 0 Å². The van der Waals surface area contributed by atoms with Crippen molar-refractivity contribution < 1.29 is 9.29 Å². The van der Waals surface area contributed by atoms with Crippen LogP contribution in [0.3, 0.4) is 0 Å². The molecule has 82 valence electrons. The van der Waals surface area contributed by atoms with Gasteiger partial charge in [0.15, 0.2) is 5.50 Å². The summed E-state index contributed by atoms with van der Waals surface area (Å²) in [6, 6.07) is 0. The minimum Gasteiger partial charge on any atom is -0.310 e. The highest BCUT2D eigenvalue weighted by Gasteiger charge is 2.30. The number of quaternary nitrogens is 1. The second kappa shape index (κ2) is 4.81. The maximum absolute atomic E-state index is 13.2. The van der Waals surface area contributed by atoms with Crippen molar-refractivity contribution in [2.45, 2.75) is 37.4 Å². The van der Waals surface area contributed by atoms with Gasteiger partial charge in [0.25, 0.3) is 0 Å². The molecule has 2 nitrogen and oxygen atoms in total. The highest BCUT2D eigenvalue weighted by molar-refractivity contribution is 7.99. The minimum atomic E-state index is -0.542. The molecule has 3 N–H and O–H groups in total. The van der Waals surface area contributed by atoms with Crippen molar-refractivity contribution in [3.05, 3.63) is 0 Å². The van der Waals surface area contributed by atoms with Crippen molar-refractivity contribution in [3.63, 3.8) is 0 Å². The summed E-state index contributed by atoms with van der Waals surface area (Å²) < 4.78 is 13.2. The van der Waals surface area contributed by atoms with Crippen LogP contribution < -0.4 is 10.6 Å². The fourth-order valence-electron chi connectivity index (χ4n) is 2.58. The summed E-state index contributed by atoms with van der Waals surface area (Å²) in [6.07, 6.45) is 3.30. The molecule has 0 bridgehead atoms. The average molecular weight is 219 g/mol. The third-order valence-electron chi connectivity index (χ3n) is 3.39. The Morgan fingerprint density at radius 1 is 1.43 bits per heavy atom. The van der Waals surface area contributed by atoms with E-state index < -0.39 is 6.17 Å². The average Bonchev–Trinajstić information content (AvgIpc) is 2.52. The van der Waals surface area contributed by atoms with Gasteiger partial charge < -0.3 is 4.90 Å². The third kappa shape index (κ3) is 2.61. The van der Waals surface area contributed by atoms with Crippen LogP contribution in [0.4, 0.5) is 4.39 Å². The molecule has 0 aromatic heterocycles. The molecule has 0 spiro atoms. The van der Waals surface area contributed by atoms with E-state index in [2.05, 4.69) is 0 Å². The predicted molar refractivity (Wildman–Crippen MR) is 58.0 cm³/mol. The van der Waals surface area contributed by atoms with Crippen molar-refractivity contribution in [2.75, 3.05) is 18.8 Å². The molecule has 0 amide bonds. The zero-order chi connectivity index (χ0) is 9.97. The van der Waals surface area contributed by atoms with Gasteiger partial charge in [0.05, 0.1) is 13.1 Å². The normalized spacial score (nSPS) is 44.1. The van der Waals surface area contributed by atoms with Gasteiger partial charge in [-0.2, -0.15) is 0 Å². The zero-order valence-corrected chi connectivity index (χ0v) is 9.36. The fourth-order valence-corrected chi connectivity index (χ4v) is 3.66. The molecule has 4 heteroatoms. The lowest BCUT2D eigenvalue weighted by Crippen LogP contribution is -3.15. The van der Waals surface area contributed by atoms with Crippen LogP contribution in [-0.4, -0.2) is 30.5 Å². The van der Waals surface area contributed by atoms with Crippen molar-refractivity contribution in [1.82, 2.24) is 0 Å². The van der Waals surface area contributed by atoms with Crippen LogP contribution in [0.5, 0.6) is 0 Å². The Hall–Kier alpha value is 0.200. The Labute approximate surface area is 89.4 Å². The Morgan fingerprint density at radius 3 is 2.93 bits per heavy atom. The van der Waals surface area contributed by atoms with Crippen LogP contribution in [-0.2, 0) is 0 Å². The summed E-state index contributed by atoms with van der Waals surface area (Å²) in [7, 11) is 0. The highest BCUT2D eigenvalue weighted by atomic mass is 32.2. The Kier molecular flexibility index (Phi) is 3.68. The summed E-state index contributed by atoms with van der Waals surface area (Å²) in [5, 5.41) is 0. The standard InChI is InChI=1S/C10H19FN2S/c11-9-3-1-2-8(6-9)7-13-4-5-14-10(13)12/h8-10H,1-7,12H2/p+1. The second-order valence-corrected chi connectivity index (χ2v) is 5.78. The Balaban J connectivity index is 1.78. The number of hydrogen-bond acceptors (Lipinski definition) is 2. The van der Waals surface area contributed by atoms with E-state index in [0.29, 0.717) is 5.92 Å². The molecule has 1 heterocycles. The smallest absolute Gasteiger partial charge is 0.187 e. The number of rotatable bonds is 2. The van der Waals surface area contributed by atoms with E-state index in [1.54, 1.807) is 0 Å². The van der Waals surface area contributed by atoms with E-state index in [-0.39, 0.29) is 5.50 Å². The van der Waals surface area contributed by atoms with Crippen LogP contribution in [0.2, 0.25) is 0 Å². The lowest BCUT2D eigenvalue weighted by atomic mass is 9.88. The molecule has 2 fully saturated rings. The molecule has 0 aromatic carbocycles. The maximum Gasteiger partial charge on any atom is 0.187 e. The van der Waals surface area contributed by atoms with E-state index >= 15 is 0 Å². The van der Waals surface area contributed by atoms with Gasteiger partial charge >= 0.3 is 0 Å². The summed E-state index contributed by atoms with van der Waals surface area (Å²) in [5.74, 6) is 1.75. The molecule has 0 radical (unpaired) electrons. The number of nitrogens with one attached hydrogen (secondary N) is 1. The van der Waals surface area contributed by atoms with Crippen molar-refractivity contribution >= 4 is 11.8 Å². The molecule has 14 heavy (non-hydrogen) atoms. The first kappa shape index (κ1) is 10.7. The van der Waals surface area contributed by atoms with Crippen LogP contribution in [0.15, 0.2) is 0 Å². The molecule has 4 unspecified atom stereocenters. The van der Waals surface area contributed by atoms with Gasteiger partial charge in [-0.3, -0.25) is 5.73 Å². The van der Waals surface area contributed by atoms with E-state index in [4.69, 9.17) is 5.73 Å². The number of halogens is 1. The number of alkyl halides is 1. The fraction of sp³-hybridized carbons (Fsp3) is 1.00. The zero-order valence-electron chi connectivity index (χ0n) is 8.55. The van der Waals surface area contributed by atoms with Crippen molar-refractivity contribution in [2.24, 2.45) is 11.7 Å². The topological polar surface area (TPSA) is 30.5 Å². The lowest BCUT2D eigenvalue weighted by Gasteiger charge is -2.27. The van der Waals surface area contributed by atoms with Crippen LogP contribution in [0, 0.1) is 5.92 Å². The molecule has 1 aliphatic heterocycles. The molecule has 1 aliphatic carbocycles. The molecule has 2 rings (SSSR count). The van der Waals surface area contributed by atoms with Gasteiger partial charge in [-0.15, -0.1) is 0 Å². The highest BCUT2D eigenvalue weighted by Crippen LogP contribution is 2.25. The summed E-state index contributed by atoms with van der Waals surface area (Å²) in [4.78, 5) is 1.48. The van der Waals surface area contributed by atoms with Gasteiger partial charge in [0.2, 0.25) is 0 Å². The van der Waals surface area contributed by atoms with Gasteiger partial charge in [-0.1, -0.05) is 18.2 Å². The quantitative estimate of drug-likeness (QED) is 0.704. The van der Waals surface area contributed by atoms with E-state index in [9.17, 15) is 4.39 Å². The predicted octanol–water partition coefficient (Wildman–Crippen LogP) is 0.389. The van der Waals surface area contributed by atoms with Crippen molar-refractivity contribution in [3.8, 4) is 0 Å². The Bertz CT molecular complexity index is 191. The molecule has 1 saturated heterocycles. The first-order chi connectivity index (χ1) is 6.75. The van der Waals surface area contributed by atoms with Crippen LogP contribution in [0.25, 0.3) is 0 Å². The van der Waals surface area contributed by atoms with Crippen LogP contribution >= 0.6 is 11.8 Å². The summed E-state index contributed by atoms with van der Waals surface area (Å²) >= 11 is 1.84. The molecule has 4 atom stereocenters. The maximum atomic E-state index is 13.2. The first-order valence-electron chi connectivity index (χ1n) is 5.61. The van der Waals surface area contributed by atoms with Gasteiger partial charge in [-0.05, 0) is 19.3 Å². The van der Waals surface area contributed by atoms with Crippen LogP contribution in [0.1, 0.15) is 25.7 Å². The third-order valence-corrected chi connectivity index (χ3v) is 4.52. The summed E-state index contributed by atoms with van der Waals surface area (Å²) in [6.45, 7) is 2.26. The number of hydrogen-bond donors (Lipinski definition) is 2. The number of thioether (sulfide) groups is 1. The Morgan fingerprint density at radius 2 is 2.29 bits per heavy atom. The summed E-state index contributed by atoms with van der Waals surface area (Å²) in [5.41, 5.74) is 6.21. The van der Waals surface area contributed by atoms with Gasteiger partial charge in [-0.25, -0.2) is 4.39 Å². The molecule has 1 saturated carbocycles. The monoisotopic (exact) mass is 219 g/mol. The van der Waals surface area contributed by atoms with Gasteiger partial charge in [0.1, 0.15) is 6.17 Å². The van der Waals surface area contributed by atoms with E-state index in [1.807, 2.05) is 11.8 Å². The SMILES string of the molecule is NC1SCC[NH+]1CC1CCCC(F)C1. The second-order valence-electron chi connectivity index (χ2n) is 4.53. The minimum absolute atomic E-state index is 0.245. The molecule has 2 aliphatic rings. The molecule has 0 aromatic rings. The molecular weight excluding hydrogens is 199 g/mol. The van der Waals surface area contributed by atoms with E-state index in [1.165, 1.54) is 23.6 Å². The first-order valence-corrected chi connectivity index (χ1v) is 6.66. The van der Waals surface area contributed by atoms with Gasteiger partial charge in [0, 0.05) is 11.7 Å². The molecular formula is C10H20FN2S+. The lowest BCUT2D eigenvalue weighted by molar-refractivity contribution is -0.906. The number of nitrogens with two attached hydrogens (primary N) is 1. The largest absolute Gasteiger partial charge is 0.310 e.